The lowest BCUT2D eigenvalue weighted by molar-refractivity contribution is -0.0407. The molecule has 1 aliphatic carbocycles. The topological polar surface area (TPSA) is 36.1 Å². The largest absolute Gasteiger partial charge is 0.314 e. The van der Waals surface area contributed by atoms with E-state index in [1.54, 1.807) is 0 Å². The summed E-state index contributed by atoms with van der Waals surface area (Å²) in [4.78, 5) is 0. The Morgan fingerprint density at radius 2 is 1.25 bits per heavy atom. The van der Waals surface area contributed by atoms with Crippen molar-refractivity contribution in [3.05, 3.63) is 0 Å². The standard InChI is InChI=1S/C17H33N3/c1-14-7-5-9-15(2,10-6-8-14)17(4)13-18-11-16(14,3)12-19-20-17/h18-20H,5-13H2,1-4H3. The Hall–Kier alpha value is -0.120. The minimum Gasteiger partial charge on any atom is -0.314 e. The van der Waals surface area contributed by atoms with Crippen molar-refractivity contribution < 1.29 is 0 Å². The first-order valence-electron chi connectivity index (χ1n) is 8.54. The summed E-state index contributed by atoms with van der Waals surface area (Å²) in [6.45, 7) is 13.2. The van der Waals surface area contributed by atoms with E-state index in [0.29, 0.717) is 16.2 Å². The average Bonchev–Trinajstić information content (AvgIpc) is 2.33. The molecule has 2 unspecified atom stereocenters. The number of hydrogen-bond acceptors (Lipinski definition) is 3. The van der Waals surface area contributed by atoms with Crippen LogP contribution in [0.1, 0.15) is 66.2 Å². The fourth-order valence-electron chi connectivity index (χ4n) is 5.06. The van der Waals surface area contributed by atoms with Gasteiger partial charge in [-0.2, -0.15) is 0 Å². The summed E-state index contributed by atoms with van der Waals surface area (Å²) in [5.74, 6) is 0. The maximum Gasteiger partial charge on any atom is 0.0473 e. The second-order valence-corrected chi connectivity index (χ2v) is 8.80. The molecular formula is C17H33N3. The summed E-state index contributed by atoms with van der Waals surface area (Å²) in [5.41, 5.74) is 8.69. The Labute approximate surface area is 124 Å². The lowest BCUT2D eigenvalue weighted by Gasteiger charge is -2.58. The van der Waals surface area contributed by atoms with Crippen LogP contribution in [0.25, 0.3) is 0 Å². The van der Waals surface area contributed by atoms with E-state index < -0.39 is 0 Å². The monoisotopic (exact) mass is 279 g/mol. The van der Waals surface area contributed by atoms with Gasteiger partial charge in [-0.25, -0.2) is 0 Å². The van der Waals surface area contributed by atoms with Crippen molar-refractivity contribution in [1.29, 1.82) is 0 Å². The van der Waals surface area contributed by atoms with E-state index >= 15 is 0 Å². The van der Waals surface area contributed by atoms with E-state index in [0.717, 1.165) is 19.6 Å². The van der Waals surface area contributed by atoms with Crippen LogP contribution in [0.4, 0.5) is 0 Å². The van der Waals surface area contributed by atoms with E-state index in [4.69, 9.17) is 0 Å². The van der Waals surface area contributed by atoms with Gasteiger partial charge in [-0.1, -0.05) is 33.6 Å². The molecule has 6 aliphatic rings. The molecule has 116 valence electrons. The van der Waals surface area contributed by atoms with Crippen molar-refractivity contribution in [2.24, 2.45) is 16.2 Å². The summed E-state index contributed by atoms with van der Waals surface area (Å²) < 4.78 is 0. The molecule has 0 radical (unpaired) electrons. The lowest BCUT2D eigenvalue weighted by atomic mass is 9.55. The van der Waals surface area contributed by atoms with Crippen LogP contribution in [0, 0.1) is 16.2 Å². The first-order chi connectivity index (χ1) is 9.33. The highest BCUT2D eigenvalue weighted by atomic mass is 15.4. The molecule has 4 bridgehead atoms. The van der Waals surface area contributed by atoms with Crippen molar-refractivity contribution >= 4 is 0 Å². The molecule has 3 heteroatoms. The third-order valence-corrected chi connectivity index (χ3v) is 7.54. The molecular weight excluding hydrogens is 246 g/mol. The number of nitrogens with one attached hydrogen (secondary N) is 3. The van der Waals surface area contributed by atoms with Gasteiger partial charge in [0.15, 0.2) is 0 Å². The lowest BCUT2D eigenvalue weighted by Crippen LogP contribution is -2.70. The van der Waals surface area contributed by atoms with Gasteiger partial charge in [0.05, 0.1) is 0 Å². The summed E-state index contributed by atoms with van der Waals surface area (Å²) in [5, 5.41) is 3.81. The Balaban J connectivity index is 2.05. The molecule has 6 fully saturated rings. The minimum absolute atomic E-state index is 0.152. The highest BCUT2D eigenvalue weighted by molar-refractivity contribution is 5.07. The molecule has 20 heavy (non-hydrogen) atoms. The van der Waals surface area contributed by atoms with Gasteiger partial charge in [0.2, 0.25) is 0 Å². The van der Waals surface area contributed by atoms with Crippen LogP contribution in [-0.2, 0) is 0 Å². The van der Waals surface area contributed by atoms with Crippen molar-refractivity contribution in [3.8, 4) is 0 Å². The van der Waals surface area contributed by atoms with E-state index in [9.17, 15) is 0 Å². The highest BCUT2D eigenvalue weighted by Gasteiger charge is 2.52. The third kappa shape index (κ3) is 2.05. The number of rotatable bonds is 0. The SMILES string of the molecule is CC12CCCC(C)(CCC1)C1(C)CNCC2(C)CNN1. The van der Waals surface area contributed by atoms with Crippen LogP contribution in [-0.4, -0.2) is 25.2 Å². The van der Waals surface area contributed by atoms with E-state index in [-0.39, 0.29) is 5.54 Å². The van der Waals surface area contributed by atoms with Crippen LogP contribution in [0.2, 0.25) is 0 Å². The molecule has 0 aromatic carbocycles. The van der Waals surface area contributed by atoms with Crippen LogP contribution < -0.4 is 16.2 Å². The second kappa shape index (κ2) is 4.69. The van der Waals surface area contributed by atoms with E-state index in [1.807, 2.05) is 0 Å². The normalized spacial score (nSPS) is 53.4. The van der Waals surface area contributed by atoms with Gasteiger partial charge in [0.1, 0.15) is 0 Å². The predicted molar refractivity (Wildman–Crippen MR) is 84.4 cm³/mol. The zero-order chi connectivity index (χ0) is 14.5. The quantitative estimate of drug-likeness (QED) is 0.638. The molecule has 6 rings (SSSR count). The Bertz CT molecular complexity index is 288. The summed E-state index contributed by atoms with van der Waals surface area (Å²) >= 11 is 0. The highest BCUT2D eigenvalue weighted by Crippen LogP contribution is 2.53. The summed E-state index contributed by atoms with van der Waals surface area (Å²) in [7, 11) is 0. The van der Waals surface area contributed by atoms with Gasteiger partial charge in [0, 0.05) is 25.2 Å². The molecule has 2 atom stereocenters. The van der Waals surface area contributed by atoms with Gasteiger partial charge >= 0.3 is 0 Å². The maximum absolute atomic E-state index is 3.81. The number of hydrogen-bond donors (Lipinski definition) is 3. The zero-order valence-electron chi connectivity index (χ0n) is 13.9. The second-order valence-electron chi connectivity index (χ2n) is 8.80. The van der Waals surface area contributed by atoms with Crippen LogP contribution in [0.5, 0.6) is 0 Å². The molecule has 0 aromatic rings. The van der Waals surface area contributed by atoms with Crippen LogP contribution >= 0.6 is 0 Å². The van der Waals surface area contributed by atoms with E-state index in [2.05, 4.69) is 43.9 Å². The molecule has 3 N–H and O–H groups in total. The fourth-order valence-corrected chi connectivity index (χ4v) is 5.06. The molecule has 0 spiro atoms. The first kappa shape index (κ1) is 14.8. The molecule has 0 aromatic heterocycles. The summed E-state index contributed by atoms with van der Waals surface area (Å²) in [6, 6.07) is 0. The van der Waals surface area contributed by atoms with Gasteiger partial charge in [-0.05, 0) is 48.9 Å². The Morgan fingerprint density at radius 1 is 0.650 bits per heavy atom. The van der Waals surface area contributed by atoms with Gasteiger partial charge in [-0.3, -0.25) is 10.9 Å². The molecule has 0 amide bonds. The fraction of sp³-hybridized carbons (Fsp3) is 1.00. The molecule has 3 nitrogen and oxygen atoms in total. The van der Waals surface area contributed by atoms with E-state index in [1.165, 1.54) is 38.5 Å². The Kier molecular flexibility index (Phi) is 3.47. The van der Waals surface area contributed by atoms with Crippen molar-refractivity contribution in [2.45, 2.75) is 71.8 Å². The van der Waals surface area contributed by atoms with Crippen LogP contribution in [0.15, 0.2) is 0 Å². The van der Waals surface area contributed by atoms with Crippen molar-refractivity contribution in [2.75, 3.05) is 19.6 Å². The molecule has 5 saturated heterocycles. The molecule has 1 saturated carbocycles. The average molecular weight is 279 g/mol. The van der Waals surface area contributed by atoms with Crippen LogP contribution in [0.3, 0.4) is 0 Å². The van der Waals surface area contributed by atoms with Gasteiger partial charge in [0.25, 0.3) is 0 Å². The van der Waals surface area contributed by atoms with Crippen molar-refractivity contribution in [1.82, 2.24) is 16.2 Å². The third-order valence-electron chi connectivity index (χ3n) is 7.54. The van der Waals surface area contributed by atoms with Gasteiger partial charge < -0.3 is 5.32 Å². The molecule has 5 heterocycles. The molecule has 5 aliphatic heterocycles. The zero-order valence-corrected chi connectivity index (χ0v) is 13.9. The van der Waals surface area contributed by atoms with Crippen molar-refractivity contribution in [3.63, 3.8) is 0 Å². The Morgan fingerprint density at radius 3 is 1.90 bits per heavy atom. The minimum atomic E-state index is 0.152. The maximum atomic E-state index is 3.81. The first-order valence-corrected chi connectivity index (χ1v) is 8.54. The number of hydrazine groups is 1. The summed E-state index contributed by atoms with van der Waals surface area (Å²) in [6.07, 6.45) is 8.26. The predicted octanol–water partition coefficient (Wildman–Crippen LogP) is 2.83. The van der Waals surface area contributed by atoms with Gasteiger partial charge in [-0.15, -0.1) is 0 Å². The smallest absolute Gasteiger partial charge is 0.0473 e.